The number of thiophene rings is 1. The number of nitrogens with zero attached hydrogens (tertiary/aromatic N) is 2. The Bertz CT molecular complexity index is 1030. The number of hydrogen-bond acceptors (Lipinski definition) is 6. The number of thioether (sulfide) groups is 1. The summed E-state index contributed by atoms with van der Waals surface area (Å²) in [5.74, 6) is 1.30. The molecule has 0 aliphatic carbocycles. The summed E-state index contributed by atoms with van der Waals surface area (Å²) in [6, 6.07) is 6.23. The number of aromatic nitrogens is 2. The number of nitrogens with one attached hydrogen (secondary N) is 1. The van der Waals surface area contributed by atoms with Crippen molar-refractivity contribution in [2.24, 2.45) is 0 Å². The Morgan fingerprint density at radius 3 is 2.34 bits per heavy atom. The van der Waals surface area contributed by atoms with Gasteiger partial charge < -0.3 is 11.1 Å². The number of fused-ring (bicyclic) bond motifs is 1. The van der Waals surface area contributed by atoms with E-state index < -0.39 is 0 Å². The second-order valence-corrected chi connectivity index (χ2v) is 9.96. The molecule has 3 rings (SSSR count). The van der Waals surface area contributed by atoms with E-state index in [0.29, 0.717) is 22.8 Å². The van der Waals surface area contributed by atoms with Crippen LogP contribution >= 0.6 is 23.1 Å². The number of hydrogen-bond donors (Lipinski definition) is 2. The van der Waals surface area contributed by atoms with Crippen molar-refractivity contribution < 1.29 is 4.79 Å². The molecule has 0 spiro atoms. The summed E-state index contributed by atoms with van der Waals surface area (Å²) in [7, 11) is 0. The average Bonchev–Trinajstić information content (AvgIpc) is 2.94. The SMILES string of the molecule is Cc1sc2nc(SCC(=O)Nc3c(C(C)C)cccc3C(C)C)nc(N)c2c1C. The number of aryl methyl sites for hydroxylation is 2. The zero-order valence-electron chi connectivity index (χ0n) is 17.8. The van der Waals surface area contributed by atoms with Crippen LogP contribution in [0.2, 0.25) is 0 Å². The van der Waals surface area contributed by atoms with Crippen LogP contribution in [0.3, 0.4) is 0 Å². The minimum absolute atomic E-state index is 0.0641. The molecule has 0 atom stereocenters. The highest BCUT2D eigenvalue weighted by Crippen LogP contribution is 2.34. The molecule has 3 aromatic rings. The fourth-order valence-electron chi connectivity index (χ4n) is 3.33. The molecule has 2 aromatic heterocycles. The summed E-state index contributed by atoms with van der Waals surface area (Å²) in [6.45, 7) is 12.6. The van der Waals surface area contributed by atoms with Gasteiger partial charge in [-0.1, -0.05) is 57.7 Å². The van der Waals surface area contributed by atoms with Crippen LogP contribution in [-0.2, 0) is 4.79 Å². The van der Waals surface area contributed by atoms with Crippen molar-refractivity contribution in [3.8, 4) is 0 Å². The molecule has 0 bridgehead atoms. The van der Waals surface area contributed by atoms with Crippen molar-refractivity contribution in [2.45, 2.75) is 58.5 Å². The highest BCUT2D eigenvalue weighted by Gasteiger charge is 2.17. The number of anilines is 2. The van der Waals surface area contributed by atoms with E-state index in [1.54, 1.807) is 11.3 Å². The Morgan fingerprint density at radius 1 is 1.14 bits per heavy atom. The molecule has 0 radical (unpaired) electrons. The van der Waals surface area contributed by atoms with Crippen molar-refractivity contribution in [3.05, 3.63) is 39.8 Å². The Balaban J connectivity index is 1.78. The van der Waals surface area contributed by atoms with Crippen molar-refractivity contribution in [3.63, 3.8) is 0 Å². The monoisotopic (exact) mass is 428 g/mol. The number of amides is 1. The number of nitrogens with two attached hydrogens (primary N) is 1. The zero-order valence-corrected chi connectivity index (χ0v) is 19.4. The Hall–Kier alpha value is -2.12. The highest BCUT2D eigenvalue weighted by atomic mass is 32.2. The molecule has 5 nitrogen and oxygen atoms in total. The zero-order chi connectivity index (χ0) is 21.3. The lowest BCUT2D eigenvalue weighted by Gasteiger charge is -2.20. The topological polar surface area (TPSA) is 80.9 Å². The summed E-state index contributed by atoms with van der Waals surface area (Å²) in [6.07, 6.45) is 0. The van der Waals surface area contributed by atoms with E-state index in [2.05, 4.69) is 68.1 Å². The predicted octanol–water partition coefficient (Wildman–Crippen LogP) is 5.87. The third-order valence-corrected chi connectivity index (χ3v) is 6.95. The molecule has 0 fully saturated rings. The molecular weight excluding hydrogens is 400 g/mol. The van der Waals surface area contributed by atoms with Crippen LogP contribution in [0.25, 0.3) is 10.2 Å². The maximum absolute atomic E-state index is 12.7. The summed E-state index contributed by atoms with van der Waals surface area (Å²) in [4.78, 5) is 23.8. The smallest absolute Gasteiger partial charge is 0.234 e. The third-order valence-electron chi connectivity index (χ3n) is 5.01. The van der Waals surface area contributed by atoms with Gasteiger partial charge in [-0.2, -0.15) is 0 Å². The number of carbonyl (C=O) groups excluding carboxylic acids is 1. The van der Waals surface area contributed by atoms with Gasteiger partial charge in [-0.15, -0.1) is 11.3 Å². The maximum Gasteiger partial charge on any atom is 0.234 e. The van der Waals surface area contributed by atoms with Crippen LogP contribution in [0, 0.1) is 13.8 Å². The highest BCUT2D eigenvalue weighted by molar-refractivity contribution is 7.99. The van der Waals surface area contributed by atoms with E-state index in [-0.39, 0.29) is 11.7 Å². The van der Waals surface area contributed by atoms with E-state index in [1.165, 1.54) is 16.6 Å². The Kier molecular flexibility index (Phi) is 6.49. The van der Waals surface area contributed by atoms with Gasteiger partial charge in [0.1, 0.15) is 10.6 Å². The van der Waals surface area contributed by atoms with Gasteiger partial charge in [0.05, 0.1) is 11.1 Å². The Morgan fingerprint density at radius 2 is 1.76 bits per heavy atom. The van der Waals surface area contributed by atoms with Crippen molar-refractivity contribution >= 4 is 50.7 Å². The molecule has 3 N–H and O–H groups in total. The van der Waals surface area contributed by atoms with Gasteiger partial charge in [-0.25, -0.2) is 9.97 Å². The van der Waals surface area contributed by atoms with Crippen LogP contribution in [-0.4, -0.2) is 21.6 Å². The molecule has 29 heavy (non-hydrogen) atoms. The van der Waals surface area contributed by atoms with Crippen molar-refractivity contribution in [1.82, 2.24) is 9.97 Å². The quantitative estimate of drug-likeness (QED) is 0.379. The minimum atomic E-state index is -0.0641. The van der Waals surface area contributed by atoms with E-state index >= 15 is 0 Å². The van der Waals surface area contributed by atoms with E-state index in [4.69, 9.17) is 5.73 Å². The first-order valence-electron chi connectivity index (χ1n) is 9.77. The van der Waals surface area contributed by atoms with Gasteiger partial charge >= 0.3 is 0 Å². The largest absolute Gasteiger partial charge is 0.383 e. The number of carbonyl (C=O) groups is 1. The van der Waals surface area contributed by atoms with Crippen LogP contribution in [0.1, 0.15) is 61.1 Å². The van der Waals surface area contributed by atoms with Crippen LogP contribution in [0.5, 0.6) is 0 Å². The molecule has 0 unspecified atom stereocenters. The molecule has 1 amide bonds. The van der Waals surface area contributed by atoms with E-state index in [0.717, 1.165) is 32.6 Å². The third kappa shape index (κ3) is 4.56. The molecule has 0 saturated heterocycles. The Labute approximate surface area is 180 Å². The number of benzene rings is 1. The second-order valence-electron chi connectivity index (χ2n) is 7.81. The van der Waals surface area contributed by atoms with Crippen molar-refractivity contribution in [1.29, 1.82) is 0 Å². The lowest BCUT2D eigenvalue weighted by molar-refractivity contribution is -0.113. The van der Waals surface area contributed by atoms with Gasteiger partial charge in [-0.05, 0) is 42.4 Å². The first-order valence-corrected chi connectivity index (χ1v) is 11.6. The summed E-state index contributed by atoms with van der Waals surface area (Å²) in [5.41, 5.74) is 10.5. The number of para-hydroxylation sites is 1. The molecule has 154 valence electrons. The number of nitrogen functional groups attached to an aromatic ring is 1. The van der Waals surface area contributed by atoms with Gasteiger partial charge in [0.2, 0.25) is 5.91 Å². The molecule has 0 aliphatic heterocycles. The maximum atomic E-state index is 12.7. The molecule has 0 aliphatic rings. The van der Waals surface area contributed by atoms with Gasteiger partial charge in [0, 0.05) is 10.6 Å². The summed E-state index contributed by atoms with van der Waals surface area (Å²) in [5, 5.41) is 4.59. The van der Waals surface area contributed by atoms with Gasteiger partial charge in [-0.3, -0.25) is 4.79 Å². The minimum Gasteiger partial charge on any atom is -0.383 e. The first kappa shape index (κ1) is 21.6. The van der Waals surface area contributed by atoms with Gasteiger partial charge in [0.15, 0.2) is 5.16 Å². The molecule has 7 heteroatoms. The first-order chi connectivity index (χ1) is 13.7. The van der Waals surface area contributed by atoms with Gasteiger partial charge in [0.25, 0.3) is 0 Å². The average molecular weight is 429 g/mol. The summed E-state index contributed by atoms with van der Waals surface area (Å²) >= 11 is 2.92. The number of rotatable bonds is 6. The predicted molar refractivity (Wildman–Crippen MR) is 125 cm³/mol. The fraction of sp³-hybridized carbons (Fsp3) is 0.409. The molecule has 1 aromatic carbocycles. The van der Waals surface area contributed by atoms with Crippen LogP contribution in [0.15, 0.2) is 23.4 Å². The lowest BCUT2D eigenvalue weighted by atomic mass is 9.92. The molecular formula is C22H28N4OS2. The standard InChI is InChI=1S/C22H28N4OS2/c1-11(2)15-8-7-9-16(12(3)4)19(15)24-17(27)10-28-22-25-20(23)18-13(5)14(6)29-21(18)26-22/h7-9,11-12H,10H2,1-6H3,(H,24,27)(H2,23,25,26). The van der Waals surface area contributed by atoms with E-state index in [1.807, 2.05) is 6.92 Å². The fourth-order valence-corrected chi connectivity index (χ4v) is 5.07. The lowest BCUT2D eigenvalue weighted by Crippen LogP contribution is -2.18. The molecule has 2 heterocycles. The van der Waals surface area contributed by atoms with Crippen LogP contribution in [0.4, 0.5) is 11.5 Å². The van der Waals surface area contributed by atoms with Crippen molar-refractivity contribution in [2.75, 3.05) is 16.8 Å². The molecule has 0 saturated carbocycles. The van der Waals surface area contributed by atoms with E-state index in [9.17, 15) is 4.79 Å². The second kappa shape index (κ2) is 8.71. The summed E-state index contributed by atoms with van der Waals surface area (Å²) < 4.78 is 0. The normalized spacial score (nSPS) is 11.6. The van der Waals surface area contributed by atoms with Crippen LogP contribution < -0.4 is 11.1 Å².